The third kappa shape index (κ3) is 9.08. The molecule has 0 atom stereocenters. The van der Waals surface area contributed by atoms with E-state index in [1.54, 1.807) is 17.0 Å². The van der Waals surface area contributed by atoms with Crippen molar-refractivity contribution in [2.45, 2.75) is 52.0 Å². The van der Waals surface area contributed by atoms with Gasteiger partial charge in [-0.25, -0.2) is 9.18 Å². The number of amides is 2. The van der Waals surface area contributed by atoms with E-state index in [-0.39, 0.29) is 17.8 Å². The van der Waals surface area contributed by atoms with Crippen LogP contribution in [0, 0.1) is 5.82 Å². The Hall–Kier alpha value is -2.11. The third-order valence-corrected chi connectivity index (χ3v) is 3.92. The summed E-state index contributed by atoms with van der Waals surface area (Å²) < 4.78 is 17.6. The number of urea groups is 1. The van der Waals surface area contributed by atoms with Gasteiger partial charge in [-0.3, -0.25) is 4.79 Å². The number of rotatable bonds is 11. The number of methoxy groups -OCH3 is 1. The van der Waals surface area contributed by atoms with Gasteiger partial charge in [0.15, 0.2) is 0 Å². The number of ether oxygens (including phenoxy) is 1. The van der Waals surface area contributed by atoms with Gasteiger partial charge in [0.2, 0.25) is 0 Å². The molecule has 1 aromatic rings. The summed E-state index contributed by atoms with van der Waals surface area (Å²) in [6.07, 6.45) is 4.85. The lowest BCUT2D eigenvalue weighted by Crippen LogP contribution is -2.40. The largest absolute Gasteiger partial charge is 0.469 e. The monoisotopic (exact) mass is 352 g/mol. The summed E-state index contributed by atoms with van der Waals surface area (Å²) in [5.41, 5.74) is 0.902. The number of carbonyl (C=O) groups is 2. The van der Waals surface area contributed by atoms with E-state index in [0.29, 0.717) is 32.5 Å². The van der Waals surface area contributed by atoms with Crippen LogP contribution in [0.2, 0.25) is 0 Å². The van der Waals surface area contributed by atoms with Gasteiger partial charge in [0.05, 0.1) is 7.11 Å². The van der Waals surface area contributed by atoms with Crippen molar-refractivity contribution in [1.29, 1.82) is 0 Å². The molecule has 6 heteroatoms. The molecule has 0 spiro atoms. The predicted molar refractivity (Wildman–Crippen MR) is 95.6 cm³/mol. The molecule has 0 saturated heterocycles. The Bertz CT molecular complexity index is 520. The van der Waals surface area contributed by atoms with E-state index in [9.17, 15) is 14.0 Å². The van der Waals surface area contributed by atoms with E-state index in [0.717, 1.165) is 31.2 Å². The van der Waals surface area contributed by atoms with Gasteiger partial charge < -0.3 is 15.0 Å². The number of carbonyl (C=O) groups excluding carboxylic acids is 2. The average Bonchev–Trinajstić information content (AvgIpc) is 2.62. The fourth-order valence-electron chi connectivity index (χ4n) is 2.42. The van der Waals surface area contributed by atoms with Gasteiger partial charge in [-0.2, -0.15) is 0 Å². The Balaban J connectivity index is 2.45. The summed E-state index contributed by atoms with van der Waals surface area (Å²) in [6, 6.07) is 6.09. The number of esters is 1. The lowest BCUT2D eigenvalue weighted by atomic mass is 10.2. The summed E-state index contributed by atoms with van der Waals surface area (Å²) in [4.78, 5) is 25.2. The fraction of sp³-hybridized carbons (Fsp3) is 0.579. The van der Waals surface area contributed by atoms with Crippen LogP contribution in [0.3, 0.4) is 0 Å². The van der Waals surface area contributed by atoms with Crippen molar-refractivity contribution in [3.05, 3.63) is 35.6 Å². The van der Waals surface area contributed by atoms with Crippen molar-refractivity contribution in [1.82, 2.24) is 10.2 Å². The molecule has 0 aliphatic heterocycles. The zero-order valence-corrected chi connectivity index (χ0v) is 15.2. The van der Waals surface area contributed by atoms with Crippen LogP contribution in [0.15, 0.2) is 24.3 Å². The van der Waals surface area contributed by atoms with E-state index in [2.05, 4.69) is 17.0 Å². The highest BCUT2D eigenvalue weighted by Gasteiger charge is 2.13. The molecule has 0 saturated carbocycles. The van der Waals surface area contributed by atoms with Crippen molar-refractivity contribution in [2.24, 2.45) is 0 Å². The van der Waals surface area contributed by atoms with Crippen molar-refractivity contribution >= 4 is 12.0 Å². The molecule has 0 aliphatic rings. The minimum Gasteiger partial charge on any atom is -0.469 e. The van der Waals surface area contributed by atoms with Crippen molar-refractivity contribution in [3.8, 4) is 0 Å². The molecule has 0 aromatic heterocycles. The average molecular weight is 352 g/mol. The van der Waals surface area contributed by atoms with Crippen LogP contribution in [0.25, 0.3) is 0 Å². The van der Waals surface area contributed by atoms with Gasteiger partial charge in [0.1, 0.15) is 5.82 Å². The molecule has 1 rings (SSSR count). The normalized spacial score (nSPS) is 10.4. The quantitative estimate of drug-likeness (QED) is 0.486. The summed E-state index contributed by atoms with van der Waals surface area (Å²) in [5.74, 6) is -0.514. The maximum Gasteiger partial charge on any atom is 0.317 e. The molecule has 0 radical (unpaired) electrons. The Morgan fingerprint density at radius 3 is 2.48 bits per heavy atom. The van der Waals surface area contributed by atoms with Crippen molar-refractivity contribution < 1.29 is 18.7 Å². The highest BCUT2D eigenvalue weighted by atomic mass is 19.1. The summed E-state index contributed by atoms with van der Waals surface area (Å²) in [7, 11) is 1.37. The molecule has 0 aliphatic carbocycles. The second-order valence-corrected chi connectivity index (χ2v) is 6.02. The van der Waals surface area contributed by atoms with Gasteiger partial charge >= 0.3 is 12.0 Å². The standard InChI is InChI=1S/C19H29FN2O3/c1-3-4-7-14-22(15-16-9-11-17(20)12-10-16)19(24)21-13-6-5-8-18(23)25-2/h9-12H,3-8,13-15H2,1-2H3,(H,21,24). The second kappa shape index (κ2) is 12.3. The zero-order valence-electron chi connectivity index (χ0n) is 15.2. The lowest BCUT2D eigenvalue weighted by Gasteiger charge is -2.23. The molecular formula is C19H29FN2O3. The molecule has 0 unspecified atom stereocenters. The Morgan fingerprint density at radius 2 is 1.84 bits per heavy atom. The van der Waals surface area contributed by atoms with E-state index in [1.807, 2.05) is 0 Å². The number of benzene rings is 1. The molecule has 1 aromatic carbocycles. The molecular weight excluding hydrogens is 323 g/mol. The number of nitrogens with one attached hydrogen (secondary N) is 1. The van der Waals surface area contributed by atoms with Gasteiger partial charge in [0, 0.05) is 26.1 Å². The highest BCUT2D eigenvalue weighted by molar-refractivity contribution is 5.74. The molecule has 140 valence electrons. The first kappa shape index (κ1) is 20.9. The maximum atomic E-state index is 13.0. The van der Waals surface area contributed by atoms with Gasteiger partial charge in [-0.1, -0.05) is 31.9 Å². The molecule has 2 amide bonds. The van der Waals surface area contributed by atoms with E-state index in [1.165, 1.54) is 19.2 Å². The number of hydrogen-bond donors (Lipinski definition) is 1. The van der Waals surface area contributed by atoms with Crippen LogP contribution < -0.4 is 5.32 Å². The van der Waals surface area contributed by atoms with E-state index >= 15 is 0 Å². The molecule has 25 heavy (non-hydrogen) atoms. The molecule has 0 bridgehead atoms. The van der Waals surface area contributed by atoms with Crippen molar-refractivity contribution in [3.63, 3.8) is 0 Å². The zero-order chi connectivity index (χ0) is 18.5. The molecule has 0 heterocycles. The number of hydrogen-bond acceptors (Lipinski definition) is 3. The van der Waals surface area contributed by atoms with Gasteiger partial charge in [-0.15, -0.1) is 0 Å². The van der Waals surface area contributed by atoms with Gasteiger partial charge in [0.25, 0.3) is 0 Å². The first-order valence-corrected chi connectivity index (χ1v) is 8.90. The predicted octanol–water partition coefficient (Wildman–Crippen LogP) is 3.87. The second-order valence-electron chi connectivity index (χ2n) is 6.02. The number of nitrogens with zero attached hydrogens (tertiary/aromatic N) is 1. The summed E-state index contributed by atoms with van der Waals surface area (Å²) >= 11 is 0. The minimum absolute atomic E-state index is 0.126. The van der Waals surface area contributed by atoms with Gasteiger partial charge in [-0.05, 0) is 37.0 Å². The fourth-order valence-corrected chi connectivity index (χ4v) is 2.42. The SMILES string of the molecule is CCCCCN(Cc1ccc(F)cc1)C(=O)NCCCCC(=O)OC. The van der Waals surface area contributed by atoms with Crippen LogP contribution in [0.1, 0.15) is 51.0 Å². The van der Waals surface area contributed by atoms with E-state index < -0.39 is 0 Å². The molecule has 5 nitrogen and oxygen atoms in total. The maximum absolute atomic E-state index is 13.0. The summed E-state index contributed by atoms with van der Waals surface area (Å²) in [5, 5.41) is 2.89. The first-order valence-electron chi connectivity index (χ1n) is 8.90. The third-order valence-electron chi connectivity index (χ3n) is 3.92. The first-order chi connectivity index (χ1) is 12.1. The van der Waals surface area contributed by atoms with Crippen LogP contribution in [-0.4, -0.2) is 37.1 Å². The van der Waals surface area contributed by atoms with Crippen molar-refractivity contribution in [2.75, 3.05) is 20.2 Å². The Labute approximate surface area is 149 Å². The highest BCUT2D eigenvalue weighted by Crippen LogP contribution is 2.09. The van der Waals surface area contributed by atoms with Crippen LogP contribution in [-0.2, 0) is 16.1 Å². The topological polar surface area (TPSA) is 58.6 Å². The Morgan fingerprint density at radius 1 is 1.12 bits per heavy atom. The lowest BCUT2D eigenvalue weighted by molar-refractivity contribution is -0.140. The minimum atomic E-state index is -0.281. The molecule has 0 fully saturated rings. The van der Waals surface area contributed by atoms with Crippen LogP contribution in [0.5, 0.6) is 0 Å². The molecule has 1 N–H and O–H groups in total. The number of halogens is 1. The Kier molecular flexibility index (Phi) is 10.3. The smallest absolute Gasteiger partial charge is 0.317 e. The van der Waals surface area contributed by atoms with E-state index in [4.69, 9.17) is 0 Å². The summed E-state index contributed by atoms with van der Waals surface area (Å²) in [6.45, 7) is 3.76. The van der Waals surface area contributed by atoms with Crippen LogP contribution in [0.4, 0.5) is 9.18 Å². The number of unbranched alkanes of at least 4 members (excludes halogenated alkanes) is 3. The van der Waals surface area contributed by atoms with Crippen LogP contribution >= 0.6 is 0 Å².